The highest BCUT2D eigenvalue weighted by molar-refractivity contribution is 5.82. The van der Waals surface area contributed by atoms with Crippen LogP contribution in [0.1, 0.15) is 35.3 Å². The molecule has 33 heavy (non-hydrogen) atoms. The minimum atomic E-state index is -0.434. The van der Waals surface area contributed by atoms with Crippen molar-refractivity contribution in [3.05, 3.63) is 103 Å². The van der Waals surface area contributed by atoms with Gasteiger partial charge in [-0.1, -0.05) is 13.2 Å². The van der Waals surface area contributed by atoms with Gasteiger partial charge in [-0.25, -0.2) is 0 Å². The molecule has 166 valence electrons. The summed E-state index contributed by atoms with van der Waals surface area (Å²) >= 11 is 0. The van der Waals surface area contributed by atoms with Crippen LogP contribution in [0.4, 0.5) is 17.1 Å². The van der Waals surface area contributed by atoms with E-state index in [2.05, 4.69) is 13.2 Å². The lowest BCUT2D eigenvalue weighted by Crippen LogP contribution is -2.10. The van der Waals surface area contributed by atoms with E-state index in [0.717, 1.165) is 23.3 Å². The average molecular weight is 441 g/mol. The molecule has 0 aliphatic carbocycles. The molecular formula is C27H23NO5. The third kappa shape index (κ3) is 5.83. The number of nitrogens with zero attached hydrogens (tertiary/aromatic N) is 1. The maximum absolute atomic E-state index is 11.2. The summed E-state index contributed by atoms with van der Waals surface area (Å²) in [5.74, 6) is -0.332. The Bertz CT molecular complexity index is 1120. The topological polar surface area (TPSA) is 72.9 Å². The Morgan fingerprint density at radius 1 is 0.667 bits per heavy atom. The molecule has 3 rings (SSSR count). The molecule has 0 N–H and O–H groups in total. The number of esters is 2. The van der Waals surface area contributed by atoms with Crippen molar-refractivity contribution in [3.63, 3.8) is 0 Å². The summed E-state index contributed by atoms with van der Waals surface area (Å²) in [7, 11) is 0. The van der Waals surface area contributed by atoms with Gasteiger partial charge in [-0.15, -0.1) is 0 Å². The van der Waals surface area contributed by atoms with Crippen LogP contribution in [0.15, 0.2) is 86.0 Å². The molecule has 3 aromatic rings. The van der Waals surface area contributed by atoms with Crippen LogP contribution in [0.2, 0.25) is 0 Å². The summed E-state index contributed by atoms with van der Waals surface area (Å²) in [4.78, 5) is 35.5. The molecule has 0 saturated carbocycles. The third-order valence-electron chi connectivity index (χ3n) is 4.72. The zero-order valence-corrected chi connectivity index (χ0v) is 18.4. The molecule has 0 aromatic heterocycles. The van der Waals surface area contributed by atoms with E-state index in [-0.39, 0.29) is 11.5 Å². The number of rotatable bonds is 8. The van der Waals surface area contributed by atoms with Gasteiger partial charge in [0.05, 0.1) is 0 Å². The van der Waals surface area contributed by atoms with Gasteiger partial charge < -0.3 is 14.4 Å². The molecule has 3 aromatic carbocycles. The zero-order chi connectivity index (χ0) is 24.0. The Hall–Kier alpha value is -4.45. The van der Waals surface area contributed by atoms with Gasteiger partial charge in [0.2, 0.25) is 0 Å². The van der Waals surface area contributed by atoms with E-state index >= 15 is 0 Å². The van der Waals surface area contributed by atoms with Crippen LogP contribution in [-0.2, 0) is 19.1 Å². The monoisotopic (exact) mass is 441 g/mol. The fourth-order valence-electron chi connectivity index (χ4n) is 3.21. The van der Waals surface area contributed by atoms with Gasteiger partial charge in [0.1, 0.15) is 17.8 Å². The highest BCUT2D eigenvalue weighted by Crippen LogP contribution is 2.35. The predicted molar refractivity (Wildman–Crippen MR) is 128 cm³/mol. The van der Waals surface area contributed by atoms with Gasteiger partial charge in [-0.05, 0) is 72.8 Å². The number of hydrogen-bond donors (Lipinski definition) is 0. The molecular weight excluding hydrogens is 418 g/mol. The minimum Gasteiger partial charge on any atom is -0.427 e. The van der Waals surface area contributed by atoms with Crippen molar-refractivity contribution in [2.24, 2.45) is 0 Å². The first-order valence-corrected chi connectivity index (χ1v) is 10.1. The Labute approximate surface area is 192 Å². The minimum absolute atomic E-state index is 0.268. The summed E-state index contributed by atoms with van der Waals surface area (Å²) in [5, 5.41) is 0. The highest BCUT2D eigenvalue weighted by Gasteiger charge is 2.14. The van der Waals surface area contributed by atoms with Crippen LogP contribution in [0, 0.1) is 0 Å². The Morgan fingerprint density at radius 3 is 1.30 bits per heavy atom. The second kappa shape index (κ2) is 10.2. The highest BCUT2D eigenvalue weighted by atomic mass is 16.5. The van der Waals surface area contributed by atoms with Crippen molar-refractivity contribution in [1.29, 1.82) is 0 Å². The molecule has 6 heteroatoms. The third-order valence-corrected chi connectivity index (χ3v) is 4.72. The van der Waals surface area contributed by atoms with E-state index < -0.39 is 11.9 Å². The summed E-state index contributed by atoms with van der Waals surface area (Å²) in [6, 6.07) is 21.9. The average Bonchev–Trinajstić information content (AvgIpc) is 2.79. The van der Waals surface area contributed by atoms with Gasteiger partial charge in [0, 0.05) is 47.6 Å². The van der Waals surface area contributed by atoms with Crippen molar-refractivity contribution in [2.45, 2.75) is 13.8 Å². The van der Waals surface area contributed by atoms with E-state index in [9.17, 15) is 14.4 Å². The van der Waals surface area contributed by atoms with Crippen molar-refractivity contribution in [3.8, 4) is 0 Å². The maximum Gasteiger partial charge on any atom is 0.308 e. The molecule has 0 aliphatic rings. The van der Waals surface area contributed by atoms with Crippen LogP contribution in [0.25, 0.3) is 11.5 Å². The maximum atomic E-state index is 11.2. The van der Waals surface area contributed by atoms with Crippen molar-refractivity contribution in [1.82, 2.24) is 0 Å². The van der Waals surface area contributed by atoms with Gasteiger partial charge in [0.25, 0.3) is 0 Å². The molecule has 0 fully saturated rings. The fourth-order valence-corrected chi connectivity index (χ4v) is 3.21. The van der Waals surface area contributed by atoms with E-state index in [0.29, 0.717) is 16.7 Å². The molecule has 0 radical (unpaired) electrons. The molecule has 0 heterocycles. The molecule has 0 aliphatic heterocycles. The molecule has 0 amide bonds. The van der Waals surface area contributed by atoms with Gasteiger partial charge >= 0.3 is 11.9 Å². The number of hydrogen-bond acceptors (Lipinski definition) is 6. The van der Waals surface area contributed by atoms with Crippen LogP contribution in [0.3, 0.4) is 0 Å². The lowest BCUT2D eigenvalue weighted by molar-refractivity contribution is -0.135. The summed E-state index contributed by atoms with van der Waals surface area (Å²) < 4.78 is 10.1. The molecule has 0 atom stereocenters. The summed E-state index contributed by atoms with van der Waals surface area (Å²) in [5.41, 5.74) is 4.43. The number of ether oxygens (including phenoxy) is 2. The number of anilines is 3. The Morgan fingerprint density at radius 2 is 1.00 bits per heavy atom. The first-order valence-electron chi connectivity index (χ1n) is 10.1. The number of aldehydes is 1. The standard InChI is InChI=1S/C27H23NO5/c1-18(32-20(3)30)23-7-13-26(14-8-23)28(25-11-5-22(17-29)6-12-25)27-15-9-24(10-16-27)19(2)33-21(4)31/h5-17H,1-2H2,3-4H3. The Kier molecular flexibility index (Phi) is 7.20. The Balaban J connectivity index is 1.99. The lowest BCUT2D eigenvalue weighted by atomic mass is 10.1. The smallest absolute Gasteiger partial charge is 0.308 e. The van der Waals surface area contributed by atoms with Crippen LogP contribution in [0.5, 0.6) is 0 Å². The quantitative estimate of drug-likeness (QED) is 0.241. The first-order chi connectivity index (χ1) is 15.8. The number of carbonyl (C=O) groups excluding carboxylic acids is 3. The van der Waals surface area contributed by atoms with Gasteiger partial charge in [0.15, 0.2) is 0 Å². The SMILES string of the molecule is C=C(OC(C)=O)c1ccc(N(c2ccc(C=O)cc2)c2ccc(C(=C)OC(C)=O)cc2)cc1. The summed E-state index contributed by atoms with van der Waals surface area (Å²) in [6.07, 6.45) is 0.791. The van der Waals surface area contributed by atoms with E-state index in [4.69, 9.17) is 9.47 Å². The summed E-state index contributed by atoms with van der Waals surface area (Å²) in [6.45, 7) is 10.2. The van der Waals surface area contributed by atoms with Crippen molar-refractivity contribution >= 4 is 46.8 Å². The van der Waals surface area contributed by atoms with Crippen molar-refractivity contribution in [2.75, 3.05) is 4.90 Å². The van der Waals surface area contributed by atoms with Gasteiger partial charge in [-0.3, -0.25) is 14.4 Å². The van der Waals surface area contributed by atoms with E-state index in [1.54, 1.807) is 12.1 Å². The molecule has 0 unspecified atom stereocenters. The largest absolute Gasteiger partial charge is 0.427 e. The normalized spacial score (nSPS) is 10.1. The molecule has 6 nitrogen and oxygen atoms in total. The second-order valence-electron chi connectivity index (χ2n) is 7.17. The lowest BCUT2D eigenvalue weighted by Gasteiger charge is -2.26. The van der Waals surface area contributed by atoms with Gasteiger partial charge in [-0.2, -0.15) is 0 Å². The van der Waals surface area contributed by atoms with Crippen molar-refractivity contribution < 1.29 is 23.9 Å². The molecule has 0 spiro atoms. The predicted octanol–water partition coefficient (Wildman–Crippen LogP) is 6.04. The fraction of sp³-hybridized carbons (Fsp3) is 0.0741. The zero-order valence-electron chi connectivity index (χ0n) is 18.4. The van der Waals surface area contributed by atoms with E-state index in [1.807, 2.05) is 65.6 Å². The van der Waals surface area contributed by atoms with Crippen LogP contribution < -0.4 is 4.90 Å². The van der Waals surface area contributed by atoms with Crippen LogP contribution >= 0.6 is 0 Å². The number of benzene rings is 3. The second-order valence-corrected chi connectivity index (χ2v) is 7.17. The number of carbonyl (C=O) groups is 3. The van der Waals surface area contributed by atoms with E-state index in [1.165, 1.54) is 13.8 Å². The molecule has 0 saturated heterocycles. The first kappa shape index (κ1) is 23.2. The molecule has 0 bridgehead atoms. The van der Waals surface area contributed by atoms with Crippen LogP contribution in [-0.4, -0.2) is 18.2 Å².